The molecule has 0 rings (SSSR count). The fraction of sp³-hybridized carbons (Fsp3) is 1.00. The van der Waals surface area contributed by atoms with E-state index in [-0.39, 0.29) is 0 Å². The van der Waals surface area contributed by atoms with Crippen LogP contribution in [0, 0.1) is 0 Å². The maximum Gasteiger partial charge on any atom is 0.493 e. The van der Waals surface area contributed by atoms with E-state index in [1.165, 1.54) is 0 Å². The number of phosphoric acid groups is 1. The highest BCUT2D eigenvalue weighted by molar-refractivity contribution is 9.09. The summed E-state index contributed by atoms with van der Waals surface area (Å²) >= 11 is 11.3. The summed E-state index contributed by atoms with van der Waals surface area (Å²) in [5, 5.41) is -0.827. The van der Waals surface area contributed by atoms with Crippen LogP contribution in [0.25, 0.3) is 0 Å². The van der Waals surface area contributed by atoms with Gasteiger partial charge in [-0.25, -0.2) is 4.57 Å². The molecule has 0 saturated carbocycles. The number of hydrogen-bond donors (Lipinski definition) is 0. The average molecular weight is 374 g/mol. The first-order chi connectivity index (χ1) is 6.47. The topological polar surface area (TPSA) is 44.8 Å². The third-order valence-electron chi connectivity index (χ3n) is 1.21. The van der Waals surface area contributed by atoms with Gasteiger partial charge in [-0.15, -0.1) is 0 Å². The van der Waals surface area contributed by atoms with Crippen molar-refractivity contribution < 1.29 is 17.7 Å². The SMILES string of the molecule is CCC(Br)OP(=O)(OCl)OC(Br)CC. The minimum Gasteiger partial charge on any atom is -0.271 e. The number of alkyl halides is 2. The zero-order valence-corrected chi connectivity index (χ0v) is 12.6. The first-order valence-electron chi connectivity index (χ1n) is 4.02. The van der Waals surface area contributed by atoms with Crippen LogP contribution in [0.15, 0.2) is 0 Å². The highest BCUT2D eigenvalue weighted by atomic mass is 79.9. The Bertz CT molecular complexity index is 190. The molecule has 86 valence electrons. The van der Waals surface area contributed by atoms with E-state index in [0.29, 0.717) is 12.8 Å². The van der Waals surface area contributed by atoms with Crippen LogP contribution < -0.4 is 0 Å². The molecule has 0 aliphatic carbocycles. The Labute approximate surface area is 106 Å². The quantitative estimate of drug-likeness (QED) is 0.484. The molecule has 0 aromatic rings. The van der Waals surface area contributed by atoms with Gasteiger partial charge in [-0.05, 0) is 12.8 Å². The van der Waals surface area contributed by atoms with Gasteiger partial charge in [-0.2, -0.15) is 4.08 Å². The van der Waals surface area contributed by atoms with Crippen molar-refractivity contribution in [1.82, 2.24) is 0 Å². The Hall–Kier alpha value is 1.36. The summed E-state index contributed by atoms with van der Waals surface area (Å²) in [6.07, 6.45) is 1.24. The highest BCUT2D eigenvalue weighted by Gasteiger charge is 2.32. The predicted octanol–water partition coefficient (Wildman–Crippen LogP) is 4.56. The second kappa shape index (κ2) is 7.60. The lowest BCUT2D eigenvalue weighted by molar-refractivity contribution is 0.140. The van der Waals surface area contributed by atoms with Crippen molar-refractivity contribution in [1.29, 1.82) is 0 Å². The lowest BCUT2D eigenvalue weighted by Gasteiger charge is -2.19. The van der Waals surface area contributed by atoms with Crippen LogP contribution in [0.2, 0.25) is 0 Å². The minimum atomic E-state index is -3.67. The molecule has 4 nitrogen and oxygen atoms in total. The molecule has 14 heavy (non-hydrogen) atoms. The molecule has 0 aromatic heterocycles. The van der Waals surface area contributed by atoms with Gasteiger partial charge in [0.15, 0.2) is 0 Å². The van der Waals surface area contributed by atoms with Crippen molar-refractivity contribution >= 4 is 51.5 Å². The largest absolute Gasteiger partial charge is 0.493 e. The van der Waals surface area contributed by atoms with E-state index in [1.54, 1.807) is 0 Å². The first-order valence-corrected chi connectivity index (χ1v) is 7.62. The summed E-state index contributed by atoms with van der Waals surface area (Å²) in [6.45, 7) is 3.70. The standard InChI is InChI=1S/C6H12Br2ClO4P/c1-3-5(7)11-14(10,13-9)12-6(8)4-2/h5-6H,3-4H2,1-2H3. The molecule has 0 fully saturated rings. The van der Waals surface area contributed by atoms with Crippen LogP contribution in [-0.2, 0) is 17.7 Å². The summed E-state index contributed by atoms with van der Waals surface area (Å²) in [7, 11) is -3.67. The number of phosphoric ester groups is 1. The van der Waals surface area contributed by atoms with E-state index in [1.807, 2.05) is 13.8 Å². The van der Waals surface area contributed by atoms with Crippen molar-refractivity contribution in [3.63, 3.8) is 0 Å². The summed E-state index contributed by atoms with van der Waals surface area (Å²) < 4.78 is 25.8. The highest BCUT2D eigenvalue weighted by Crippen LogP contribution is 2.54. The van der Waals surface area contributed by atoms with Crippen molar-refractivity contribution in [2.75, 3.05) is 0 Å². The van der Waals surface area contributed by atoms with Gasteiger partial charge in [0.1, 0.15) is 10.0 Å². The van der Waals surface area contributed by atoms with Gasteiger partial charge in [0.25, 0.3) is 0 Å². The van der Waals surface area contributed by atoms with Gasteiger partial charge in [0, 0.05) is 0 Å². The van der Waals surface area contributed by atoms with Crippen LogP contribution in [0.3, 0.4) is 0 Å². The van der Waals surface area contributed by atoms with Crippen LogP contribution in [0.5, 0.6) is 0 Å². The molecule has 8 heteroatoms. The molecule has 2 atom stereocenters. The number of hydrogen-bond acceptors (Lipinski definition) is 4. The van der Waals surface area contributed by atoms with E-state index in [9.17, 15) is 4.57 Å². The second-order valence-corrected chi connectivity index (χ2v) is 6.27. The lowest BCUT2D eigenvalue weighted by atomic mass is 10.5. The fourth-order valence-corrected chi connectivity index (χ4v) is 2.88. The van der Waals surface area contributed by atoms with E-state index < -0.39 is 17.8 Å². The maximum absolute atomic E-state index is 11.7. The third-order valence-corrected chi connectivity index (χ3v) is 5.16. The van der Waals surface area contributed by atoms with Gasteiger partial charge < -0.3 is 0 Å². The van der Waals surface area contributed by atoms with Gasteiger partial charge in [-0.1, -0.05) is 45.7 Å². The van der Waals surface area contributed by atoms with Gasteiger partial charge in [0.2, 0.25) is 0 Å². The molecule has 0 amide bonds. The zero-order chi connectivity index (χ0) is 11.2. The van der Waals surface area contributed by atoms with Crippen molar-refractivity contribution in [3.05, 3.63) is 0 Å². The molecule has 0 N–H and O–H groups in total. The molecular formula is C6H12Br2ClO4P. The van der Waals surface area contributed by atoms with Gasteiger partial charge in [-0.3, -0.25) is 9.05 Å². The summed E-state index contributed by atoms with van der Waals surface area (Å²) in [5.41, 5.74) is 0. The van der Waals surface area contributed by atoms with E-state index in [2.05, 4.69) is 35.9 Å². The van der Waals surface area contributed by atoms with Gasteiger partial charge >= 0.3 is 7.82 Å². The van der Waals surface area contributed by atoms with E-state index >= 15 is 0 Å². The smallest absolute Gasteiger partial charge is 0.271 e. The molecule has 0 aromatic carbocycles. The van der Waals surface area contributed by atoms with Crippen LogP contribution in [0.1, 0.15) is 26.7 Å². The fourth-order valence-electron chi connectivity index (χ4n) is 0.487. The number of rotatable bonds is 7. The Kier molecular flexibility index (Phi) is 8.34. The van der Waals surface area contributed by atoms with Crippen LogP contribution in [0.4, 0.5) is 0 Å². The third kappa shape index (κ3) is 6.05. The Balaban J connectivity index is 4.25. The normalized spacial score (nSPS) is 20.1. The summed E-state index contributed by atoms with van der Waals surface area (Å²) in [4.78, 5) is 0. The second-order valence-electron chi connectivity index (χ2n) is 2.36. The first kappa shape index (κ1) is 15.4. The molecule has 0 aliphatic heterocycles. The van der Waals surface area contributed by atoms with Crippen molar-refractivity contribution in [2.24, 2.45) is 0 Å². The molecule has 0 spiro atoms. The molecule has 0 heterocycles. The monoisotopic (exact) mass is 372 g/mol. The van der Waals surface area contributed by atoms with Crippen LogP contribution >= 0.6 is 51.5 Å². The Morgan fingerprint density at radius 2 is 1.57 bits per heavy atom. The molecule has 0 saturated heterocycles. The number of halogens is 3. The molecule has 0 bridgehead atoms. The van der Waals surface area contributed by atoms with Crippen molar-refractivity contribution in [3.8, 4) is 0 Å². The maximum atomic E-state index is 11.7. The van der Waals surface area contributed by atoms with E-state index in [0.717, 1.165) is 0 Å². The molecule has 0 aliphatic rings. The Morgan fingerprint density at radius 3 is 1.79 bits per heavy atom. The zero-order valence-electron chi connectivity index (χ0n) is 7.78. The summed E-state index contributed by atoms with van der Waals surface area (Å²) in [6, 6.07) is 0. The summed E-state index contributed by atoms with van der Waals surface area (Å²) in [5.74, 6) is 0. The van der Waals surface area contributed by atoms with E-state index in [4.69, 9.17) is 20.9 Å². The lowest BCUT2D eigenvalue weighted by Crippen LogP contribution is -2.07. The Morgan fingerprint density at radius 1 is 1.21 bits per heavy atom. The molecule has 2 unspecified atom stereocenters. The van der Waals surface area contributed by atoms with Gasteiger partial charge in [0.05, 0.1) is 11.9 Å². The molecule has 0 radical (unpaired) electrons. The minimum absolute atomic E-state index is 0.413. The van der Waals surface area contributed by atoms with Crippen molar-refractivity contribution in [2.45, 2.75) is 36.7 Å². The van der Waals surface area contributed by atoms with Crippen LogP contribution in [-0.4, -0.2) is 10.0 Å². The average Bonchev–Trinajstić information content (AvgIpc) is 2.17. The predicted molar refractivity (Wildman–Crippen MR) is 62.7 cm³/mol. The molecular weight excluding hydrogens is 362 g/mol.